The van der Waals surface area contributed by atoms with Crippen molar-refractivity contribution in [2.75, 3.05) is 19.8 Å². The van der Waals surface area contributed by atoms with Gasteiger partial charge in [-0.2, -0.15) is 0 Å². The van der Waals surface area contributed by atoms with Gasteiger partial charge in [-0.3, -0.25) is 9.59 Å². The summed E-state index contributed by atoms with van der Waals surface area (Å²) in [5.74, 6) is -5.99. The SMILES string of the molecule is CCOC(=O)[C@@H]1C(=O)NC(C(=O)OCC)(C(=O)OCC)[C@H]1C(C)C. The van der Waals surface area contributed by atoms with Gasteiger partial charge in [0.25, 0.3) is 0 Å². The number of amides is 1. The average molecular weight is 343 g/mol. The van der Waals surface area contributed by atoms with Crippen molar-refractivity contribution in [3.8, 4) is 0 Å². The molecular formula is C16H25NO7. The molecule has 24 heavy (non-hydrogen) atoms. The van der Waals surface area contributed by atoms with Gasteiger partial charge in [-0.1, -0.05) is 13.8 Å². The lowest BCUT2D eigenvalue weighted by Gasteiger charge is -2.33. The second-order valence-electron chi connectivity index (χ2n) is 5.74. The van der Waals surface area contributed by atoms with Crippen molar-refractivity contribution in [1.82, 2.24) is 5.32 Å². The summed E-state index contributed by atoms with van der Waals surface area (Å²) in [7, 11) is 0. The van der Waals surface area contributed by atoms with Crippen LogP contribution in [0.1, 0.15) is 34.6 Å². The van der Waals surface area contributed by atoms with Gasteiger partial charge in [0.05, 0.1) is 19.8 Å². The number of carbonyl (C=O) groups is 4. The van der Waals surface area contributed by atoms with E-state index in [1.165, 1.54) is 0 Å². The molecule has 0 aromatic rings. The Bertz CT molecular complexity index is 497. The van der Waals surface area contributed by atoms with Crippen LogP contribution in [0.15, 0.2) is 0 Å². The molecule has 1 heterocycles. The van der Waals surface area contributed by atoms with Crippen LogP contribution in [0, 0.1) is 17.8 Å². The molecule has 0 aromatic heterocycles. The predicted molar refractivity (Wildman–Crippen MR) is 82.6 cm³/mol. The van der Waals surface area contributed by atoms with Crippen LogP contribution in [0.25, 0.3) is 0 Å². The number of hydrogen-bond donors (Lipinski definition) is 1. The number of rotatable bonds is 7. The first-order valence-corrected chi connectivity index (χ1v) is 8.10. The minimum Gasteiger partial charge on any atom is -0.465 e. The summed E-state index contributed by atoms with van der Waals surface area (Å²) in [4.78, 5) is 49.8. The third-order valence-corrected chi connectivity index (χ3v) is 3.92. The van der Waals surface area contributed by atoms with E-state index < -0.39 is 41.2 Å². The predicted octanol–water partition coefficient (Wildman–Crippen LogP) is 0.433. The quantitative estimate of drug-likeness (QED) is 0.406. The molecule has 1 saturated heterocycles. The zero-order valence-corrected chi connectivity index (χ0v) is 14.7. The minimum absolute atomic E-state index is 0.0186. The maximum Gasteiger partial charge on any atom is 0.344 e. The molecular weight excluding hydrogens is 318 g/mol. The van der Waals surface area contributed by atoms with E-state index in [1.807, 2.05) is 0 Å². The molecule has 1 amide bonds. The molecule has 0 bridgehead atoms. The highest BCUT2D eigenvalue weighted by molar-refractivity contribution is 6.15. The van der Waals surface area contributed by atoms with Crippen LogP contribution in [0.3, 0.4) is 0 Å². The van der Waals surface area contributed by atoms with Gasteiger partial charge >= 0.3 is 17.9 Å². The lowest BCUT2D eigenvalue weighted by Crippen LogP contribution is -2.62. The molecule has 1 rings (SSSR count). The number of carbonyl (C=O) groups excluding carboxylic acids is 4. The molecule has 0 saturated carbocycles. The van der Waals surface area contributed by atoms with Crippen molar-refractivity contribution in [2.45, 2.75) is 40.2 Å². The molecule has 0 unspecified atom stereocenters. The lowest BCUT2D eigenvalue weighted by molar-refractivity contribution is -0.170. The van der Waals surface area contributed by atoms with Crippen molar-refractivity contribution in [1.29, 1.82) is 0 Å². The summed E-state index contributed by atoms with van der Waals surface area (Å²) >= 11 is 0. The van der Waals surface area contributed by atoms with E-state index in [0.29, 0.717) is 0 Å². The normalized spacial score (nSPS) is 22.0. The number of esters is 3. The molecule has 1 aliphatic rings. The van der Waals surface area contributed by atoms with Crippen LogP contribution >= 0.6 is 0 Å². The van der Waals surface area contributed by atoms with Crippen molar-refractivity contribution in [3.05, 3.63) is 0 Å². The zero-order valence-electron chi connectivity index (χ0n) is 14.7. The first-order valence-electron chi connectivity index (χ1n) is 8.10. The van der Waals surface area contributed by atoms with Crippen LogP contribution in [0.5, 0.6) is 0 Å². The van der Waals surface area contributed by atoms with Crippen LogP contribution in [0.2, 0.25) is 0 Å². The van der Waals surface area contributed by atoms with E-state index in [2.05, 4.69) is 5.32 Å². The van der Waals surface area contributed by atoms with Gasteiger partial charge in [0, 0.05) is 5.92 Å². The molecule has 1 aliphatic heterocycles. The minimum atomic E-state index is -2.05. The number of ether oxygens (including phenoxy) is 3. The van der Waals surface area contributed by atoms with Gasteiger partial charge in [-0.05, 0) is 26.7 Å². The summed E-state index contributed by atoms with van der Waals surface area (Å²) in [6, 6.07) is 0. The number of hydrogen-bond acceptors (Lipinski definition) is 7. The highest BCUT2D eigenvalue weighted by Crippen LogP contribution is 2.40. The Morgan fingerprint density at radius 3 is 1.83 bits per heavy atom. The number of nitrogens with one attached hydrogen (secondary N) is 1. The fourth-order valence-electron chi connectivity index (χ4n) is 3.09. The summed E-state index contributed by atoms with van der Waals surface area (Å²) in [5, 5.41) is 2.37. The first-order chi connectivity index (χ1) is 11.3. The van der Waals surface area contributed by atoms with Gasteiger partial charge in [0.2, 0.25) is 11.4 Å². The first kappa shape index (κ1) is 19.9. The van der Waals surface area contributed by atoms with Crippen molar-refractivity contribution in [2.24, 2.45) is 17.8 Å². The van der Waals surface area contributed by atoms with E-state index in [-0.39, 0.29) is 25.7 Å². The van der Waals surface area contributed by atoms with E-state index in [9.17, 15) is 19.2 Å². The summed E-state index contributed by atoms with van der Waals surface area (Å²) in [5.41, 5.74) is -2.05. The molecule has 0 spiro atoms. The zero-order chi connectivity index (χ0) is 18.5. The Morgan fingerprint density at radius 1 is 1.00 bits per heavy atom. The summed E-state index contributed by atoms with van der Waals surface area (Å²) < 4.78 is 15.0. The highest BCUT2D eigenvalue weighted by Gasteiger charge is 2.67. The van der Waals surface area contributed by atoms with Crippen LogP contribution < -0.4 is 5.32 Å². The van der Waals surface area contributed by atoms with Crippen LogP contribution in [-0.4, -0.2) is 49.2 Å². The van der Waals surface area contributed by atoms with E-state index in [1.54, 1.807) is 34.6 Å². The molecule has 136 valence electrons. The second kappa shape index (κ2) is 8.12. The molecule has 1 N–H and O–H groups in total. The molecule has 8 nitrogen and oxygen atoms in total. The monoisotopic (exact) mass is 343 g/mol. The van der Waals surface area contributed by atoms with E-state index >= 15 is 0 Å². The third-order valence-electron chi connectivity index (χ3n) is 3.92. The van der Waals surface area contributed by atoms with Crippen molar-refractivity contribution < 1.29 is 33.4 Å². The molecule has 2 atom stereocenters. The van der Waals surface area contributed by atoms with Gasteiger partial charge in [0.15, 0.2) is 0 Å². The maximum absolute atomic E-state index is 12.6. The fourth-order valence-corrected chi connectivity index (χ4v) is 3.09. The fraction of sp³-hybridized carbons (Fsp3) is 0.750. The molecule has 0 radical (unpaired) electrons. The van der Waals surface area contributed by atoms with Gasteiger partial charge in [-0.15, -0.1) is 0 Å². The molecule has 1 fully saturated rings. The molecule has 8 heteroatoms. The largest absolute Gasteiger partial charge is 0.465 e. The lowest BCUT2D eigenvalue weighted by atomic mass is 9.73. The smallest absolute Gasteiger partial charge is 0.344 e. The van der Waals surface area contributed by atoms with E-state index in [0.717, 1.165) is 0 Å². The topological polar surface area (TPSA) is 108 Å². The standard InChI is InChI=1S/C16H25NO7/c1-6-22-13(19)10-11(9(4)5)16(17-12(10)18,14(20)23-7-2)15(21)24-8-3/h9-11H,6-8H2,1-5H3,(H,17,18)/t10-,11-/m0/s1. The Labute approximate surface area is 141 Å². The van der Waals surface area contributed by atoms with Gasteiger partial charge in [-0.25, -0.2) is 9.59 Å². The molecule has 0 aromatic carbocycles. The summed E-state index contributed by atoms with van der Waals surface area (Å²) in [6.45, 7) is 8.32. The van der Waals surface area contributed by atoms with Crippen molar-refractivity contribution in [3.63, 3.8) is 0 Å². The maximum atomic E-state index is 12.6. The Morgan fingerprint density at radius 2 is 1.46 bits per heavy atom. The van der Waals surface area contributed by atoms with Gasteiger partial charge < -0.3 is 19.5 Å². The van der Waals surface area contributed by atoms with Crippen molar-refractivity contribution >= 4 is 23.8 Å². The molecule has 0 aliphatic carbocycles. The van der Waals surface area contributed by atoms with E-state index in [4.69, 9.17) is 14.2 Å². The Balaban J connectivity index is 3.44. The Kier molecular flexibility index (Phi) is 6.74. The second-order valence-corrected chi connectivity index (χ2v) is 5.74. The average Bonchev–Trinajstić information content (AvgIpc) is 2.82. The Hall–Kier alpha value is -2.12. The highest BCUT2D eigenvalue weighted by atomic mass is 16.6. The van der Waals surface area contributed by atoms with Crippen LogP contribution in [-0.2, 0) is 33.4 Å². The van der Waals surface area contributed by atoms with Crippen LogP contribution in [0.4, 0.5) is 0 Å². The summed E-state index contributed by atoms with van der Waals surface area (Å²) in [6.07, 6.45) is 0. The van der Waals surface area contributed by atoms with Gasteiger partial charge in [0.1, 0.15) is 5.92 Å². The third kappa shape index (κ3) is 3.37.